The summed E-state index contributed by atoms with van der Waals surface area (Å²) in [6.45, 7) is 5.66. The fourth-order valence-electron chi connectivity index (χ4n) is 3.17. The summed E-state index contributed by atoms with van der Waals surface area (Å²) >= 11 is 0. The van der Waals surface area contributed by atoms with Gasteiger partial charge in [-0.05, 0) is 43.4 Å². The van der Waals surface area contributed by atoms with Crippen molar-refractivity contribution >= 4 is 17.5 Å². The molecule has 0 aliphatic carbocycles. The normalized spacial score (nSPS) is 19.7. The maximum atomic E-state index is 12.6. The zero-order valence-corrected chi connectivity index (χ0v) is 14.3. The molecule has 0 radical (unpaired) electrons. The van der Waals surface area contributed by atoms with E-state index in [-0.39, 0.29) is 31.0 Å². The Hall–Kier alpha value is -2.08. The van der Waals surface area contributed by atoms with Crippen LogP contribution in [0.4, 0.5) is 5.69 Å². The van der Waals surface area contributed by atoms with Crippen LogP contribution in [0.3, 0.4) is 0 Å². The van der Waals surface area contributed by atoms with E-state index in [1.165, 1.54) is 4.90 Å². The SMILES string of the molecule is CC1CCN(C(=O)CN2C(=O)COc3ccc(C(C)N)cc32)CC1. The Kier molecular flexibility index (Phi) is 4.76. The molecular weight excluding hydrogens is 306 g/mol. The van der Waals surface area contributed by atoms with Crippen molar-refractivity contribution in [2.75, 3.05) is 31.1 Å². The van der Waals surface area contributed by atoms with Gasteiger partial charge in [-0.3, -0.25) is 14.5 Å². The average Bonchev–Trinajstić information content (AvgIpc) is 2.57. The zero-order chi connectivity index (χ0) is 17.3. The first kappa shape index (κ1) is 16.8. The molecule has 6 nitrogen and oxygen atoms in total. The van der Waals surface area contributed by atoms with E-state index in [0.717, 1.165) is 31.5 Å². The van der Waals surface area contributed by atoms with Crippen molar-refractivity contribution in [2.24, 2.45) is 11.7 Å². The number of nitrogens with two attached hydrogens (primary N) is 1. The van der Waals surface area contributed by atoms with Gasteiger partial charge in [-0.25, -0.2) is 0 Å². The number of likely N-dealkylation sites (tertiary alicyclic amines) is 1. The van der Waals surface area contributed by atoms with E-state index in [9.17, 15) is 9.59 Å². The third-order valence-electron chi connectivity index (χ3n) is 4.88. The Balaban J connectivity index is 1.79. The van der Waals surface area contributed by atoms with Crippen LogP contribution in [0.15, 0.2) is 18.2 Å². The van der Waals surface area contributed by atoms with E-state index >= 15 is 0 Å². The van der Waals surface area contributed by atoms with Crippen LogP contribution in [0, 0.1) is 5.92 Å². The van der Waals surface area contributed by atoms with Crippen LogP contribution in [-0.2, 0) is 9.59 Å². The molecule has 2 heterocycles. The second kappa shape index (κ2) is 6.81. The molecule has 6 heteroatoms. The molecule has 1 fully saturated rings. The van der Waals surface area contributed by atoms with E-state index in [1.54, 1.807) is 0 Å². The van der Waals surface area contributed by atoms with Gasteiger partial charge in [0.2, 0.25) is 5.91 Å². The number of amides is 2. The summed E-state index contributed by atoms with van der Waals surface area (Å²) in [4.78, 5) is 28.3. The van der Waals surface area contributed by atoms with Crippen LogP contribution in [-0.4, -0.2) is 43.0 Å². The third kappa shape index (κ3) is 3.38. The third-order valence-corrected chi connectivity index (χ3v) is 4.88. The lowest BCUT2D eigenvalue weighted by Gasteiger charge is -2.34. The minimum absolute atomic E-state index is 0.00528. The lowest BCUT2D eigenvalue weighted by atomic mass is 9.99. The van der Waals surface area contributed by atoms with Crippen molar-refractivity contribution in [2.45, 2.75) is 32.7 Å². The van der Waals surface area contributed by atoms with Gasteiger partial charge in [0.15, 0.2) is 6.61 Å². The fraction of sp³-hybridized carbons (Fsp3) is 0.556. The number of hydrogen-bond donors (Lipinski definition) is 1. The van der Waals surface area contributed by atoms with Gasteiger partial charge in [0.1, 0.15) is 12.3 Å². The number of carbonyl (C=O) groups is 2. The van der Waals surface area contributed by atoms with Crippen molar-refractivity contribution in [3.05, 3.63) is 23.8 Å². The number of piperidine rings is 1. The first-order valence-corrected chi connectivity index (χ1v) is 8.56. The number of carbonyl (C=O) groups excluding carboxylic acids is 2. The lowest BCUT2D eigenvalue weighted by molar-refractivity contribution is -0.133. The minimum Gasteiger partial charge on any atom is -0.482 e. The van der Waals surface area contributed by atoms with E-state index in [0.29, 0.717) is 17.4 Å². The molecule has 1 aromatic rings. The first-order valence-electron chi connectivity index (χ1n) is 8.56. The van der Waals surface area contributed by atoms with Crippen molar-refractivity contribution in [1.29, 1.82) is 0 Å². The molecule has 24 heavy (non-hydrogen) atoms. The second-order valence-electron chi connectivity index (χ2n) is 6.85. The Bertz CT molecular complexity index is 636. The summed E-state index contributed by atoms with van der Waals surface area (Å²) in [7, 11) is 0. The van der Waals surface area contributed by atoms with E-state index < -0.39 is 0 Å². The molecule has 0 aromatic heterocycles. The van der Waals surface area contributed by atoms with Crippen molar-refractivity contribution in [1.82, 2.24) is 4.90 Å². The topological polar surface area (TPSA) is 75.9 Å². The molecule has 2 N–H and O–H groups in total. The highest BCUT2D eigenvalue weighted by molar-refractivity contribution is 6.02. The van der Waals surface area contributed by atoms with Gasteiger partial charge in [0.05, 0.1) is 5.69 Å². The molecule has 3 rings (SSSR count). The Labute approximate surface area is 142 Å². The van der Waals surface area contributed by atoms with Crippen LogP contribution in [0.5, 0.6) is 5.75 Å². The van der Waals surface area contributed by atoms with Gasteiger partial charge >= 0.3 is 0 Å². The monoisotopic (exact) mass is 331 g/mol. The standard InChI is InChI=1S/C18H25N3O3/c1-12-5-7-20(8-6-12)17(22)10-21-15-9-14(13(2)19)3-4-16(15)24-11-18(21)23/h3-4,9,12-13H,5-8,10-11,19H2,1-2H3. The van der Waals surface area contributed by atoms with Crippen molar-refractivity contribution < 1.29 is 14.3 Å². The molecule has 2 aliphatic heterocycles. The number of rotatable bonds is 3. The molecule has 1 aromatic carbocycles. The Morgan fingerprint density at radius 1 is 1.38 bits per heavy atom. The van der Waals surface area contributed by atoms with Crippen LogP contribution in [0.25, 0.3) is 0 Å². The second-order valence-corrected chi connectivity index (χ2v) is 6.85. The number of anilines is 1. The number of ether oxygens (including phenoxy) is 1. The number of benzene rings is 1. The molecule has 0 saturated carbocycles. The van der Waals surface area contributed by atoms with Gasteiger partial charge < -0.3 is 15.4 Å². The lowest BCUT2D eigenvalue weighted by Crippen LogP contribution is -2.48. The highest BCUT2D eigenvalue weighted by atomic mass is 16.5. The predicted molar refractivity (Wildman–Crippen MR) is 91.9 cm³/mol. The van der Waals surface area contributed by atoms with E-state index in [4.69, 9.17) is 10.5 Å². The molecule has 2 aliphatic rings. The average molecular weight is 331 g/mol. The first-order chi connectivity index (χ1) is 11.5. The Morgan fingerprint density at radius 3 is 2.75 bits per heavy atom. The molecule has 130 valence electrons. The molecule has 1 unspecified atom stereocenters. The maximum absolute atomic E-state index is 12.6. The van der Waals surface area contributed by atoms with Gasteiger partial charge in [-0.1, -0.05) is 13.0 Å². The van der Waals surface area contributed by atoms with Crippen LogP contribution in [0.2, 0.25) is 0 Å². The maximum Gasteiger partial charge on any atom is 0.265 e. The van der Waals surface area contributed by atoms with Gasteiger partial charge in [0, 0.05) is 19.1 Å². The van der Waals surface area contributed by atoms with Crippen molar-refractivity contribution in [3.63, 3.8) is 0 Å². The number of nitrogens with zero attached hydrogens (tertiary/aromatic N) is 2. The summed E-state index contributed by atoms with van der Waals surface area (Å²) in [6.07, 6.45) is 2.04. The fourth-order valence-corrected chi connectivity index (χ4v) is 3.17. The molecule has 1 saturated heterocycles. The summed E-state index contributed by atoms with van der Waals surface area (Å²) in [6, 6.07) is 5.42. The molecule has 0 bridgehead atoms. The predicted octanol–water partition coefficient (Wildman–Crippen LogP) is 1.69. The minimum atomic E-state index is -0.192. The summed E-state index contributed by atoms with van der Waals surface area (Å²) in [5, 5.41) is 0. The number of fused-ring (bicyclic) bond motifs is 1. The largest absolute Gasteiger partial charge is 0.482 e. The Morgan fingerprint density at radius 2 is 2.08 bits per heavy atom. The number of hydrogen-bond acceptors (Lipinski definition) is 4. The van der Waals surface area contributed by atoms with E-state index in [1.807, 2.05) is 30.0 Å². The molecular formula is C18H25N3O3. The summed E-state index contributed by atoms with van der Waals surface area (Å²) in [5.74, 6) is 1.09. The summed E-state index contributed by atoms with van der Waals surface area (Å²) in [5.41, 5.74) is 7.49. The van der Waals surface area contributed by atoms with Crippen molar-refractivity contribution in [3.8, 4) is 5.75 Å². The molecule has 1 atom stereocenters. The highest BCUT2D eigenvalue weighted by Crippen LogP contribution is 2.34. The van der Waals surface area contributed by atoms with E-state index in [2.05, 4.69) is 6.92 Å². The van der Waals surface area contributed by atoms with Gasteiger partial charge in [-0.2, -0.15) is 0 Å². The van der Waals surface area contributed by atoms with Crippen LogP contribution >= 0.6 is 0 Å². The van der Waals surface area contributed by atoms with Gasteiger partial charge in [0.25, 0.3) is 5.91 Å². The van der Waals surface area contributed by atoms with Crippen LogP contribution < -0.4 is 15.4 Å². The zero-order valence-electron chi connectivity index (χ0n) is 14.3. The van der Waals surface area contributed by atoms with Gasteiger partial charge in [-0.15, -0.1) is 0 Å². The molecule has 0 spiro atoms. The van der Waals surface area contributed by atoms with Crippen LogP contribution in [0.1, 0.15) is 38.3 Å². The molecule has 2 amide bonds. The summed E-state index contributed by atoms with van der Waals surface area (Å²) < 4.78 is 5.48. The quantitative estimate of drug-likeness (QED) is 0.914. The smallest absolute Gasteiger partial charge is 0.265 e. The highest BCUT2D eigenvalue weighted by Gasteiger charge is 2.30.